The van der Waals surface area contributed by atoms with Crippen molar-refractivity contribution in [2.45, 2.75) is 29.9 Å². The highest BCUT2D eigenvalue weighted by Crippen LogP contribution is 2.25. The molecule has 1 aromatic rings. The second-order valence-corrected chi connectivity index (χ2v) is 6.04. The molecule has 1 aliphatic rings. The van der Waals surface area contributed by atoms with Crippen molar-refractivity contribution in [1.29, 1.82) is 0 Å². The van der Waals surface area contributed by atoms with Crippen LogP contribution < -0.4 is 10.5 Å². The van der Waals surface area contributed by atoms with E-state index in [4.69, 9.17) is 10.5 Å². The Morgan fingerprint density at radius 1 is 1.44 bits per heavy atom. The molecule has 3 N–H and O–H groups in total. The van der Waals surface area contributed by atoms with Gasteiger partial charge in [-0.15, -0.1) is 0 Å². The Labute approximate surface area is 105 Å². The van der Waals surface area contributed by atoms with E-state index >= 15 is 0 Å². The van der Waals surface area contributed by atoms with Gasteiger partial charge in [0.2, 0.25) is 10.0 Å². The summed E-state index contributed by atoms with van der Waals surface area (Å²) in [6.45, 7) is 0. The number of hydrogen-bond acceptors (Lipinski definition) is 4. The van der Waals surface area contributed by atoms with Crippen molar-refractivity contribution in [3.63, 3.8) is 0 Å². The summed E-state index contributed by atoms with van der Waals surface area (Å²) in [5.74, 6) is -0.628. The summed E-state index contributed by atoms with van der Waals surface area (Å²) in [4.78, 5) is -0.0257. The van der Waals surface area contributed by atoms with E-state index in [1.165, 1.54) is 6.07 Å². The molecule has 0 unspecified atom stereocenters. The van der Waals surface area contributed by atoms with Crippen LogP contribution in [-0.2, 0) is 14.8 Å². The monoisotopic (exact) mass is 274 g/mol. The van der Waals surface area contributed by atoms with Crippen LogP contribution in [0.4, 0.5) is 10.1 Å². The lowest BCUT2D eigenvalue weighted by molar-refractivity contribution is 0.0236. The Morgan fingerprint density at radius 3 is 2.67 bits per heavy atom. The first-order chi connectivity index (χ1) is 8.42. The maximum absolute atomic E-state index is 13.0. The van der Waals surface area contributed by atoms with Gasteiger partial charge in [-0.2, -0.15) is 0 Å². The van der Waals surface area contributed by atoms with Crippen molar-refractivity contribution in [3.8, 4) is 0 Å². The van der Waals surface area contributed by atoms with Gasteiger partial charge in [0, 0.05) is 13.2 Å². The van der Waals surface area contributed by atoms with Crippen LogP contribution >= 0.6 is 0 Å². The number of anilines is 1. The predicted molar refractivity (Wildman–Crippen MR) is 65.0 cm³/mol. The number of rotatable bonds is 4. The highest BCUT2D eigenvalue weighted by molar-refractivity contribution is 7.89. The minimum atomic E-state index is -3.64. The highest BCUT2D eigenvalue weighted by atomic mass is 32.2. The standard InChI is InChI=1S/C11H15FN2O3S/c1-17-8-4-7(5-8)14-18(15,16)9-2-3-10(12)11(13)6-9/h2-3,6-8,14H,4-5,13H2,1H3. The molecule has 1 saturated carbocycles. The summed E-state index contributed by atoms with van der Waals surface area (Å²) < 4.78 is 44.5. The molecule has 0 aliphatic heterocycles. The number of nitrogens with two attached hydrogens (primary N) is 1. The molecule has 0 atom stereocenters. The van der Waals surface area contributed by atoms with Crippen LogP contribution in [0.1, 0.15) is 12.8 Å². The molecule has 2 rings (SSSR count). The molecule has 0 amide bonds. The lowest BCUT2D eigenvalue weighted by atomic mass is 9.90. The van der Waals surface area contributed by atoms with Gasteiger partial charge in [-0.1, -0.05) is 0 Å². The molecule has 0 spiro atoms. The fourth-order valence-corrected chi connectivity index (χ4v) is 3.13. The highest BCUT2D eigenvalue weighted by Gasteiger charge is 2.32. The molecule has 0 radical (unpaired) electrons. The van der Waals surface area contributed by atoms with Crippen molar-refractivity contribution in [3.05, 3.63) is 24.0 Å². The van der Waals surface area contributed by atoms with E-state index in [2.05, 4.69) is 4.72 Å². The van der Waals surface area contributed by atoms with Gasteiger partial charge in [0.25, 0.3) is 0 Å². The van der Waals surface area contributed by atoms with E-state index in [9.17, 15) is 12.8 Å². The predicted octanol–water partition coefficient (Wildman–Crippen LogP) is 0.864. The molecule has 0 aromatic heterocycles. The summed E-state index contributed by atoms with van der Waals surface area (Å²) in [7, 11) is -2.05. The normalized spacial score (nSPS) is 23.7. The first-order valence-electron chi connectivity index (χ1n) is 5.52. The van der Waals surface area contributed by atoms with Gasteiger partial charge in [-0.25, -0.2) is 17.5 Å². The number of nitrogens with one attached hydrogen (secondary N) is 1. The summed E-state index contributed by atoms with van der Waals surface area (Å²) >= 11 is 0. The molecule has 1 fully saturated rings. The minimum Gasteiger partial charge on any atom is -0.396 e. The lowest BCUT2D eigenvalue weighted by Gasteiger charge is -2.34. The molecule has 1 aliphatic carbocycles. The van der Waals surface area contributed by atoms with E-state index < -0.39 is 15.8 Å². The zero-order chi connectivity index (χ0) is 13.3. The molecule has 0 saturated heterocycles. The average Bonchev–Trinajstić information content (AvgIpc) is 2.26. The van der Waals surface area contributed by atoms with Crippen molar-refractivity contribution in [2.24, 2.45) is 0 Å². The Morgan fingerprint density at radius 2 is 2.11 bits per heavy atom. The quantitative estimate of drug-likeness (QED) is 0.798. The average molecular weight is 274 g/mol. The van der Waals surface area contributed by atoms with Crippen molar-refractivity contribution in [1.82, 2.24) is 4.72 Å². The Hall–Kier alpha value is -1.18. The number of halogens is 1. The van der Waals surface area contributed by atoms with Crippen LogP contribution in [0.15, 0.2) is 23.1 Å². The largest absolute Gasteiger partial charge is 0.396 e. The van der Waals surface area contributed by atoms with E-state index in [1.807, 2.05) is 0 Å². The third-order valence-electron chi connectivity index (χ3n) is 3.03. The molecule has 0 heterocycles. The Bertz CT molecular complexity index is 541. The van der Waals surface area contributed by atoms with Gasteiger partial charge in [-0.3, -0.25) is 0 Å². The maximum Gasteiger partial charge on any atom is 0.240 e. The summed E-state index contributed by atoms with van der Waals surface area (Å²) in [5, 5.41) is 0. The maximum atomic E-state index is 13.0. The molecular weight excluding hydrogens is 259 g/mol. The molecular formula is C11H15FN2O3S. The Kier molecular flexibility index (Phi) is 3.56. The second kappa shape index (κ2) is 4.83. The molecule has 5 nitrogen and oxygen atoms in total. The topological polar surface area (TPSA) is 81.4 Å². The lowest BCUT2D eigenvalue weighted by Crippen LogP contribution is -2.47. The van der Waals surface area contributed by atoms with E-state index in [0.717, 1.165) is 12.1 Å². The fourth-order valence-electron chi connectivity index (χ4n) is 1.83. The van der Waals surface area contributed by atoms with Gasteiger partial charge < -0.3 is 10.5 Å². The van der Waals surface area contributed by atoms with Gasteiger partial charge in [0.1, 0.15) is 5.82 Å². The van der Waals surface area contributed by atoms with Crippen LogP contribution in [0.25, 0.3) is 0 Å². The van der Waals surface area contributed by atoms with Crippen LogP contribution in [0, 0.1) is 5.82 Å². The van der Waals surface area contributed by atoms with E-state index in [0.29, 0.717) is 12.8 Å². The number of hydrogen-bond donors (Lipinski definition) is 2. The third-order valence-corrected chi connectivity index (χ3v) is 4.55. The van der Waals surface area contributed by atoms with Crippen molar-refractivity contribution >= 4 is 15.7 Å². The van der Waals surface area contributed by atoms with Crippen molar-refractivity contribution in [2.75, 3.05) is 12.8 Å². The molecule has 0 bridgehead atoms. The fraction of sp³-hybridized carbons (Fsp3) is 0.455. The number of nitrogen functional groups attached to an aromatic ring is 1. The van der Waals surface area contributed by atoms with Gasteiger partial charge in [0.15, 0.2) is 0 Å². The van der Waals surface area contributed by atoms with Gasteiger partial charge >= 0.3 is 0 Å². The van der Waals surface area contributed by atoms with Gasteiger partial charge in [0.05, 0.1) is 16.7 Å². The number of ether oxygens (including phenoxy) is 1. The van der Waals surface area contributed by atoms with Crippen LogP contribution in [-0.4, -0.2) is 27.7 Å². The summed E-state index contributed by atoms with van der Waals surface area (Å²) in [6.07, 6.45) is 1.40. The van der Waals surface area contributed by atoms with Gasteiger partial charge in [-0.05, 0) is 31.0 Å². The first-order valence-corrected chi connectivity index (χ1v) is 7.01. The minimum absolute atomic E-state index is 0.0257. The molecule has 18 heavy (non-hydrogen) atoms. The molecule has 100 valence electrons. The summed E-state index contributed by atoms with van der Waals surface area (Å²) in [6, 6.07) is 3.22. The smallest absolute Gasteiger partial charge is 0.240 e. The zero-order valence-electron chi connectivity index (χ0n) is 9.89. The first kappa shape index (κ1) is 13.3. The zero-order valence-corrected chi connectivity index (χ0v) is 10.7. The van der Waals surface area contributed by atoms with E-state index in [1.54, 1.807) is 7.11 Å². The number of methoxy groups -OCH3 is 1. The van der Waals surface area contributed by atoms with Crippen molar-refractivity contribution < 1.29 is 17.5 Å². The van der Waals surface area contributed by atoms with Crippen LogP contribution in [0.5, 0.6) is 0 Å². The molecule has 7 heteroatoms. The van der Waals surface area contributed by atoms with Crippen LogP contribution in [0.3, 0.4) is 0 Å². The molecule has 1 aromatic carbocycles. The number of benzene rings is 1. The second-order valence-electron chi connectivity index (χ2n) is 4.33. The Balaban J connectivity index is 2.09. The third kappa shape index (κ3) is 2.63. The van der Waals surface area contributed by atoms with Crippen LogP contribution in [0.2, 0.25) is 0 Å². The number of sulfonamides is 1. The summed E-state index contributed by atoms with van der Waals surface area (Å²) in [5.41, 5.74) is 5.17. The SMILES string of the molecule is COC1CC(NS(=O)(=O)c2ccc(F)c(N)c2)C1. The van der Waals surface area contributed by atoms with E-state index in [-0.39, 0.29) is 22.7 Å².